The van der Waals surface area contributed by atoms with E-state index in [2.05, 4.69) is 6.58 Å². The van der Waals surface area contributed by atoms with E-state index in [1.807, 2.05) is 24.3 Å². The summed E-state index contributed by atoms with van der Waals surface area (Å²) in [6.07, 6.45) is 2.34. The van der Waals surface area contributed by atoms with Crippen LogP contribution in [-0.4, -0.2) is 11.1 Å². The molecule has 1 heterocycles. The number of benzene rings is 1. The van der Waals surface area contributed by atoms with Gasteiger partial charge in [-0.25, -0.2) is 4.79 Å². The van der Waals surface area contributed by atoms with Crippen molar-refractivity contribution in [2.75, 3.05) is 0 Å². The normalized spacial score (nSPS) is 10.4. The Labute approximate surface area is 91.5 Å². The molecule has 3 heteroatoms. The van der Waals surface area contributed by atoms with Gasteiger partial charge < -0.3 is 5.11 Å². The molecule has 0 saturated heterocycles. The molecular formula is C12H10O2S. The van der Waals surface area contributed by atoms with Crippen LogP contribution >= 0.6 is 11.3 Å². The Balaban J connectivity index is 2.73. The van der Waals surface area contributed by atoms with Gasteiger partial charge in [0.15, 0.2) is 0 Å². The smallest absolute Gasteiger partial charge is 0.346 e. The second-order valence-electron chi connectivity index (χ2n) is 3.20. The molecule has 1 aromatic carbocycles. The van der Waals surface area contributed by atoms with Crippen molar-refractivity contribution in [3.05, 3.63) is 47.4 Å². The second-order valence-corrected chi connectivity index (χ2v) is 4.26. The Morgan fingerprint density at radius 1 is 1.47 bits per heavy atom. The second kappa shape index (κ2) is 3.87. The first-order valence-corrected chi connectivity index (χ1v) is 5.40. The van der Waals surface area contributed by atoms with E-state index in [0.717, 1.165) is 15.6 Å². The lowest BCUT2D eigenvalue weighted by molar-refractivity contribution is 0.0701. The first-order chi connectivity index (χ1) is 7.24. The maximum absolute atomic E-state index is 11.0. The molecule has 0 aliphatic carbocycles. The van der Waals surface area contributed by atoms with E-state index in [4.69, 9.17) is 5.11 Å². The summed E-state index contributed by atoms with van der Waals surface area (Å²) in [7, 11) is 0. The van der Waals surface area contributed by atoms with Crippen LogP contribution in [0.5, 0.6) is 0 Å². The Kier molecular flexibility index (Phi) is 2.56. The van der Waals surface area contributed by atoms with Gasteiger partial charge in [0.05, 0.1) is 0 Å². The highest BCUT2D eigenvalue weighted by Crippen LogP contribution is 2.31. The van der Waals surface area contributed by atoms with Crippen molar-refractivity contribution < 1.29 is 9.90 Å². The molecule has 0 bridgehead atoms. The van der Waals surface area contributed by atoms with Gasteiger partial charge >= 0.3 is 5.97 Å². The molecular weight excluding hydrogens is 208 g/mol. The predicted molar refractivity (Wildman–Crippen MR) is 62.7 cm³/mol. The standard InChI is InChI=1S/C12H10O2S/c1-2-5-9-8-6-3-4-7-10(8)15-11(9)12(13)14/h2-4,6-7H,1,5H2,(H,13,14). The fourth-order valence-electron chi connectivity index (χ4n) is 1.62. The summed E-state index contributed by atoms with van der Waals surface area (Å²) < 4.78 is 1.02. The van der Waals surface area contributed by atoms with E-state index in [0.29, 0.717) is 11.3 Å². The quantitative estimate of drug-likeness (QED) is 0.802. The molecule has 0 amide bonds. The van der Waals surface area contributed by atoms with Crippen molar-refractivity contribution in [2.45, 2.75) is 6.42 Å². The van der Waals surface area contributed by atoms with Crippen LogP contribution in [-0.2, 0) is 6.42 Å². The highest BCUT2D eigenvalue weighted by atomic mass is 32.1. The zero-order chi connectivity index (χ0) is 10.8. The number of hydrogen-bond donors (Lipinski definition) is 1. The third-order valence-corrected chi connectivity index (χ3v) is 3.44. The molecule has 0 atom stereocenters. The first-order valence-electron chi connectivity index (χ1n) is 4.58. The Morgan fingerprint density at radius 3 is 2.87 bits per heavy atom. The Bertz CT molecular complexity index is 525. The fraction of sp³-hybridized carbons (Fsp3) is 0.0833. The molecule has 0 unspecified atom stereocenters. The van der Waals surface area contributed by atoms with Crippen LogP contribution in [0.2, 0.25) is 0 Å². The predicted octanol–water partition coefficient (Wildman–Crippen LogP) is 3.33. The topological polar surface area (TPSA) is 37.3 Å². The molecule has 2 rings (SSSR count). The number of carbonyl (C=O) groups is 1. The zero-order valence-corrected chi connectivity index (χ0v) is 8.88. The van der Waals surface area contributed by atoms with Crippen LogP contribution in [0.15, 0.2) is 36.9 Å². The minimum Gasteiger partial charge on any atom is -0.477 e. The maximum Gasteiger partial charge on any atom is 0.346 e. The number of carboxylic acid groups (broad SMARTS) is 1. The van der Waals surface area contributed by atoms with Crippen LogP contribution in [0, 0.1) is 0 Å². The van der Waals surface area contributed by atoms with Crippen molar-refractivity contribution in [3.63, 3.8) is 0 Å². The molecule has 2 nitrogen and oxygen atoms in total. The van der Waals surface area contributed by atoms with Crippen molar-refractivity contribution in [2.24, 2.45) is 0 Å². The van der Waals surface area contributed by atoms with Gasteiger partial charge in [-0.2, -0.15) is 0 Å². The van der Waals surface area contributed by atoms with Crippen molar-refractivity contribution in [3.8, 4) is 0 Å². The number of allylic oxidation sites excluding steroid dienone is 1. The maximum atomic E-state index is 11.0. The molecule has 0 fully saturated rings. The summed E-state index contributed by atoms with van der Waals surface area (Å²) >= 11 is 1.32. The molecule has 76 valence electrons. The largest absolute Gasteiger partial charge is 0.477 e. The van der Waals surface area contributed by atoms with Crippen molar-refractivity contribution in [1.29, 1.82) is 0 Å². The Hall–Kier alpha value is -1.61. The van der Waals surface area contributed by atoms with Gasteiger partial charge in [-0.05, 0) is 23.4 Å². The van der Waals surface area contributed by atoms with Crippen LogP contribution in [0.3, 0.4) is 0 Å². The van der Waals surface area contributed by atoms with Crippen LogP contribution < -0.4 is 0 Å². The van der Waals surface area contributed by atoms with Gasteiger partial charge in [0, 0.05) is 4.70 Å². The summed E-state index contributed by atoms with van der Waals surface area (Å²) in [5, 5.41) is 10.1. The fourth-order valence-corrected chi connectivity index (χ4v) is 2.69. The molecule has 0 radical (unpaired) electrons. The molecule has 0 aliphatic rings. The lowest BCUT2D eigenvalue weighted by atomic mass is 10.1. The average molecular weight is 218 g/mol. The van der Waals surface area contributed by atoms with E-state index in [1.54, 1.807) is 6.08 Å². The van der Waals surface area contributed by atoms with Crippen molar-refractivity contribution >= 4 is 27.4 Å². The number of carboxylic acids is 1. The lowest BCUT2D eigenvalue weighted by Crippen LogP contribution is -1.96. The highest BCUT2D eigenvalue weighted by molar-refractivity contribution is 7.21. The molecule has 2 aromatic rings. The molecule has 0 saturated carbocycles. The summed E-state index contributed by atoms with van der Waals surface area (Å²) in [5.74, 6) is -0.854. The molecule has 1 aromatic heterocycles. The molecule has 1 N–H and O–H groups in total. The van der Waals surface area contributed by atoms with Crippen LogP contribution in [0.4, 0.5) is 0 Å². The van der Waals surface area contributed by atoms with E-state index in [9.17, 15) is 4.79 Å². The van der Waals surface area contributed by atoms with E-state index < -0.39 is 5.97 Å². The monoisotopic (exact) mass is 218 g/mol. The third kappa shape index (κ3) is 1.66. The summed E-state index contributed by atoms with van der Waals surface area (Å²) in [5.41, 5.74) is 0.873. The van der Waals surface area contributed by atoms with Gasteiger partial charge in [0.1, 0.15) is 4.88 Å². The van der Waals surface area contributed by atoms with Crippen molar-refractivity contribution in [1.82, 2.24) is 0 Å². The zero-order valence-electron chi connectivity index (χ0n) is 8.06. The number of fused-ring (bicyclic) bond motifs is 1. The summed E-state index contributed by atoms with van der Waals surface area (Å²) in [4.78, 5) is 11.5. The summed E-state index contributed by atoms with van der Waals surface area (Å²) in [6, 6.07) is 7.74. The van der Waals surface area contributed by atoms with E-state index >= 15 is 0 Å². The lowest BCUT2D eigenvalue weighted by Gasteiger charge is -1.96. The Morgan fingerprint density at radius 2 is 2.20 bits per heavy atom. The number of thiophene rings is 1. The SMILES string of the molecule is C=CCc1c(C(=O)O)sc2ccccc12. The summed E-state index contributed by atoms with van der Waals surface area (Å²) in [6.45, 7) is 3.65. The van der Waals surface area contributed by atoms with Crippen LogP contribution in [0.25, 0.3) is 10.1 Å². The van der Waals surface area contributed by atoms with E-state index in [-0.39, 0.29) is 0 Å². The molecule has 0 spiro atoms. The minimum absolute atomic E-state index is 0.427. The first kappa shape index (κ1) is 9.93. The van der Waals surface area contributed by atoms with Gasteiger partial charge in [-0.15, -0.1) is 17.9 Å². The molecule has 15 heavy (non-hydrogen) atoms. The number of hydrogen-bond acceptors (Lipinski definition) is 2. The minimum atomic E-state index is -0.854. The number of rotatable bonds is 3. The third-order valence-electron chi connectivity index (χ3n) is 2.24. The average Bonchev–Trinajstić information content (AvgIpc) is 2.58. The van der Waals surface area contributed by atoms with Gasteiger partial charge in [0.2, 0.25) is 0 Å². The highest BCUT2D eigenvalue weighted by Gasteiger charge is 2.15. The number of aromatic carboxylic acids is 1. The van der Waals surface area contributed by atoms with Gasteiger partial charge in [-0.3, -0.25) is 0 Å². The van der Waals surface area contributed by atoms with Gasteiger partial charge in [-0.1, -0.05) is 24.3 Å². The van der Waals surface area contributed by atoms with Crippen LogP contribution in [0.1, 0.15) is 15.2 Å². The van der Waals surface area contributed by atoms with Gasteiger partial charge in [0.25, 0.3) is 0 Å². The molecule has 0 aliphatic heterocycles. The van der Waals surface area contributed by atoms with E-state index in [1.165, 1.54) is 11.3 Å².